The highest BCUT2D eigenvalue weighted by Crippen LogP contribution is 2.19. The van der Waals surface area contributed by atoms with Gasteiger partial charge in [-0.2, -0.15) is 5.26 Å². The van der Waals surface area contributed by atoms with E-state index >= 15 is 0 Å². The second-order valence-electron chi connectivity index (χ2n) is 6.09. The average Bonchev–Trinajstić information content (AvgIpc) is 3.13. The Balaban J connectivity index is 1.59. The summed E-state index contributed by atoms with van der Waals surface area (Å²) in [7, 11) is 0. The van der Waals surface area contributed by atoms with Crippen molar-refractivity contribution in [2.24, 2.45) is 0 Å². The van der Waals surface area contributed by atoms with E-state index in [1.54, 1.807) is 6.07 Å². The first-order valence-corrected chi connectivity index (χ1v) is 8.25. The summed E-state index contributed by atoms with van der Waals surface area (Å²) in [5.41, 5.74) is 1.92. The van der Waals surface area contributed by atoms with Gasteiger partial charge in [-0.25, -0.2) is 4.98 Å². The third-order valence-electron chi connectivity index (χ3n) is 4.28. The van der Waals surface area contributed by atoms with Crippen molar-refractivity contribution in [3.05, 3.63) is 63.3 Å². The Bertz CT molecular complexity index is 792. The number of nitriles is 1. The molecule has 0 aliphatic carbocycles. The van der Waals surface area contributed by atoms with Crippen molar-refractivity contribution < 1.29 is 4.92 Å². The molecule has 1 fully saturated rings. The van der Waals surface area contributed by atoms with E-state index in [9.17, 15) is 10.1 Å². The predicted octanol–water partition coefficient (Wildman–Crippen LogP) is 3.07. The maximum Gasteiger partial charge on any atom is 0.305 e. The fraction of sp³-hybridized carbons (Fsp3) is 0.333. The second kappa shape index (κ2) is 7.73. The van der Waals surface area contributed by atoms with Gasteiger partial charge in [0.2, 0.25) is 5.69 Å². The molecule has 128 valence electrons. The van der Waals surface area contributed by atoms with E-state index in [2.05, 4.69) is 39.5 Å². The van der Waals surface area contributed by atoms with Crippen molar-refractivity contribution in [2.75, 3.05) is 18.4 Å². The highest BCUT2D eigenvalue weighted by molar-refractivity contribution is 5.50. The van der Waals surface area contributed by atoms with E-state index in [-0.39, 0.29) is 11.4 Å². The third-order valence-corrected chi connectivity index (χ3v) is 4.28. The molecule has 7 nitrogen and oxygen atoms in total. The SMILES string of the molecule is N#Cc1nc(NCc2ccc(CN3CCCC3)cc2)ccc1[N+](=O)[O-]. The zero-order valence-corrected chi connectivity index (χ0v) is 13.8. The highest BCUT2D eigenvalue weighted by atomic mass is 16.6. The van der Waals surface area contributed by atoms with Gasteiger partial charge in [-0.1, -0.05) is 24.3 Å². The molecule has 1 aromatic carbocycles. The van der Waals surface area contributed by atoms with Crippen molar-refractivity contribution in [1.82, 2.24) is 9.88 Å². The average molecular weight is 337 g/mol. The molecule has 1 aliphatic heterocycles. The summed E-state index contributed by atoms with van der Waals surface area (Å²) in [6, 6.07) is 13.0. The van der Waals surface area contributed by atoms with E-state index in [1.807, 2.05) is 0 Å². The van der Waals surface area contributed by atoms with Crippen LogP contribution in [0.3, 0.4) is 0 Å². The van der Waals surface area contributed by atoms with Gasteiger partial charge in [-0.05, 0) is 43.1 Å². The van der Waals surface area contributed by atoms with Crippen LogP contribution in [0.2, 0.25) is 0 Å². The standard InChI is InChI=1S/C18H19N5O2/c19-11-16-17(23(24)25)7-8-18(21-16)20-12-14-3-5-15(6-4-14)13-22-9-1-2-10-22/h3-8H,1-2,9-10,12-13H2,(H,20,21). The molecule has 0 atom stereocenters. The summed E-state index contributed by atoms with van der Waals surface area (Å²) in [5, 5.41) is 22.9. The molecule has 1 saturated heterocycles. The summed E-state index contributed by atoms with van der Waals surface area (Å²) < 4.78 is 0. The summed E-state index contributed by atoms with van der Waals surface area (Å²) in [5.74, 6) is 0.447. The van der Waals surface area contributed by atoms with Gasteiger partial charge >= 0.3 is 5.69 Å². The number of benzene rings is 1. The number of likely N-dealkylation sites (tertiary alicyclic amines) is 1. The molecular weight excluding hydrogens is 318 g/mol. The van der Waals surface area contributed by atoms with Gasteiger partial charge in [-0.15, -0.1) is 0 Å². The Morgan fingerprint density at radius 3 is 2.48 bits per heavy atom. The first-order valence-electron chi connectivity index (χ1n) is 8.25. The number of nitrogens with one attached hydrogen (secondary N) is 1. The van der Waals surface area contributed by atoms with E-state index in [0.29, 0.717) is 12.4 Å². The Morgan fingerprint density at radius 1 is 1.16 bits per heavy atom. The number of rotatable bonds is 6. The molecule has 0 bridgehead atoms. The Morgan fingerprint density at radius 2 is 1.84 bits per heavy atom. The molecule has 0 amide bonds. The molecule has 3 rings (SSSR count). The monoisotopic (exact) mass is 337 g/mol. The number of nitrogens with zero attached hydrogens (tertiary/aromatic N) is 4. The van der Waals surface area contributed by atoms with Gasteiger partial charge in [0.25, 0.3) is 0 Å². The summed E-state index contributed by atoms with van der Waals surface area (Å²) in [4.78, 5) is 16.7. The molecule has 7 heteroatoms. The number of aromatic nitrogens is 1. The van der Waals surface area contributed by atoms with Gasteiger partial charge in [0.1, 0.15) is 11.9 Å². The normalized spacial score (nSPS) is 14.2. The summed E-state index contributed by atoms with van der Waals surface area (Å²) in [6.45, 7) is 3.88. The maximum absolute atomic E-state index is 10.8. The summed E-state index contributed by atoms with van der Waals surface area (Å²) in [6.07, 6.45) is 2.57. The largest absolute Gasteiger partial charge is 0.366 e. The quantitative estimate of drug-likeness (QED) is 0.643. The van der Waals surface area contributed by atoms with Crippen molar-refractivity contribution in [3.63, 3.8) is 0 Å². The van der Waals surface area contributed by atoms with Gasteiger partial charge in [-0.3, -0.25) is 15.0 Å². The number of hydrogen-bond acceptors (Lipinski definition) is 6. The maximum atomic E-state index is 10.8. The molecule has 0 radical (unpaired) electrons. The topological polar surface area (TPSA) is 95.1 Å². The van der Waals surface area contributed by atoms with Gasteiger partial charge in [0.05, 0.1) is 4.92 Å². The lowest BCUT2D eigenvalue weighted by molar-refractivity contribution is -0.385. The van der Waals surface area contributed by atoms with Crippen LogP contribution in [0, 0.1) is 21.4 Å². The Labute approximate surface area is 146 Å². The van der Waals surface area contributed by atoms with Crippen LogP contribution in [0.15, 0.2) is 36.4 Å². The van der Waals surface area contributed by atoms with E-state index in [4.69, 9.17) is 5.26 Å². The zero-order chi connectivity index (χ0) is 17.6. The van der Waals surface area contributed by atoms with Gasteiger partial charge in [0, 0.05) is 19.2 Å². The summed E-state index contributed by atoms with van der Waals surface area (Å²) >= 11 is 0. The zero-order valence-electron chi connectivity index (χ0n) is 13.8. The number of anilines is 1. The Hall–Kier alpha value is -2.98. The smallest absolute Gasteiger partial charge is 0.305 e. The molecular formula is C18H19N5O2. The van der Waals surface area contributed by atoms with Crippen LogP contribution >= 0.6 is 0 Å². The number of pyridine rings is 1. The molecule has 1 aromatic heterocycles. The van der Waals surface area contributed by atoms with Crippen molar-refractivity contribution in [1.29, 1.82) is 5.26 Å². The van der Waals surface area contributed by atoms with Crippen molar-refractivity contribution in [2.45, 2.75) is 25.9 Å². The van der Waals surface area contributed by atoms with Gasteiger partial charge in [0.15, 0.2) is 0 Å². The van der Waals surface area contributed by atoms with E-state index in [0.717, 1.165) is 12.1 Å². The third kappa shape index (κ3) is 4.31. The number of nitro groups is 1. The minimum Gasteiger partial charge on any atom is -0.366 e. The first kappa shape index (κ1) is 16.9. The van der Waals surface area contributed by atoms with E-state index in [1.165, 1.54) is 43.6 Å². The number of hydrogen-bond donors (Lipinski definition) is 1. The lowest BCUT2D eigenvalue weighted by Gasteiger charge is -2.14. The molecule has 2 heterocycles. The predicted molar refractivity (Wildman–Crippen MR) is 93.9 cm³/mol. The molecule has 1 N–H and O–H groups in total. The minimum atomic E-state index is -0.603. The van der Waals surface area contributed by atoms with Crippen LogP contribution in [0.4, 0.5) is 11.5 Å². The minimum absolute atomic E-state index is 0.184. The molecule has 2 aromatic rings. The fourth-order valence-corrected chi connectivity index (χ4v) is 2.93. The lowest BCUT2D eigenvalue weighted by atomic mass is 10.1. The molecule has 0 unspecified atom stereocenters. The second-order valence-corrected chi connectivity index (χ2v) is 6.09. The highest BCUT2D eigenvalue weighted by Gasteiger charge is 2.15. The van der Waals surface area contributed by atoms with Crippen LogP contribution in [0.1, 0.15) is 29.7 Å². The molecule has 1 aliphatic rings. The lowest BCUT2D eigenvalue weighted by Crippen LogP contribution is -2.18. The van der Waals surface area contributed by atoms with Crippen LogP contribution in [0.5, 0.6) is 0 Å². The first-order chi connectivity index (χ1) is 12.2. The van der Waals surface area contributed by atoms with Crippen LogP contribution < -0.4 is 5.32 Å². The van der Waals surface area contributed by atoms with Crippen LogP contribution in [0.25, 0.3) is 0 Å². The molecule has 0 spiro atoms. The Kier molecular flexibility index (Phi) is 5.21. The molecule has 25 heavy (non-hydrogen) atoms. The van der Waals surface area contributed by atoms with Crippen molar-refractivity contribution >= 4 is 11.5 Å². The van der Waals surface area contributed by atoms with E-state index < -0.39 is 4.92 Å². The van der Waals surface area contributed by atoms with Crippen molar-refractivity contribution in [3.8, 4) is 6.07 Å². The van der Waals surface area contributed by atoms with Gasteiger partial charge < -0.3 is 5.32 Å². The molecule has 0 saturated carbocycles. The fourth-order valence-electron chi connectivity index (χ4n) is 2.93. The van der Waals surface area contributed by atoms with Crippen LogP contribution in [-0.2, 0) is 13.1 Å². The van der Waals surface area contributed by atoms with Crippen LogP contribution in [-0.4, -0.2) is 27.9 Å².